The van der Waals surface area contributed by atoms with Crippen molar-refractivity contribution in [3.05, 3.63) is 39.0 Å². The minimum Gasteiger partial charge on any atom is -0.454 e. The maximum Gasteiger partial charge on any atom is 0.231 e. The molecule has 0 saturated carbocycles. The maximum absolute atomic E-state index is 6.25. The highest BCUT2D eigenvalue weighted by Gasteiger charge is 2.18. The van der Waals surface area contributed by atoms with Crippen molar-refractivity contribution in [3.8, 4) is 11.5 Å². The Morgan fingerprint density at radius 1 is 1.26 bits per heavy atom. The van der Waals surface area contributed by atoms with Gasteiger partial charge in [0, 0.05) is 21.9 Å². The van der Waals surface area contributed by atoms with Gasteiger partial charge in [0.2, 0.25) is 6.79 Å². The summed E-state index contributed by atoms with van der Waals surface area (Å²) in [4.78, 5) is 2.59. The molecule has 1 unspecified atom stereocenters. The number of ether oxygens (including phenoxy) is 2. The van der Waals surface area contributed by atoms with Gasteiger partial charge >= 0.3 is 0 Å². The zero-order chi connectivity index (χ0) is 13.4. The molecule has 0 bridgehead atoms. The van der Waals surface area contributed by atoms with Crippen LogP contribution in [0.4, 0.5) is 5.69 Å². The Labute approximate surface area is 121 Å². The lowest BCUT2D eigenvalue weighted by Crippen LogP contribution is -2.05. The van der Waals surface area contributed by atoms with Crippen LogP contribution in [-0.4, -0.2) is 6.79 Å². The van der Waals surface area contributed by atoms with Crippen LogP contribution in [0.25, 0.3) is 0 Å². The molecule has 5 heteroatoms. The molecule has 0 aliphatic carbocycles. The number of hydrogen-bond donors (Lipinski definition) is 1. The molecule has 2 aromatic rings. The molecule has 0 saturated heterocycles. The number of hydrogen-bond acceptors (Lipinski definition) is 4. The molecule has 0 spiro atoms. The summed E-state index contributed by atoms with van der Waals surface area (Å²) in [5.41, 5.74) is 0.865. The first-order chi connectivity index (χ1) is 9.13. The Bertz CT molecular complexity index is 611. The molecule has 1 aromatic heterocycles. The second-order valence-corrected chi connectivity index (χ2v) is 6.23. The van der Waals surface area contributed by atoms with Gasteiger partial charge in [-0.3, -0.25) is 0 Å². The number of halogens is 1. The third kappa shape index (κ3) is 2.51. The Balaban J connectivity index is 1.83. The van der Waals surface area contributed by atoms with Crippen LogP contribution in [-0.2, 0) is 0 Å². The molecule has 0 amide bonds. The molecule has 100 valence electrons. The van der Waals surface area contributed by atoms with Crippen molar-refractivity contribution in [2.75, 3.05) is 12.1 Å². The number of fused-ring (bicyclic) bond motifs is 1. The largest absolute Gasteiger partial charge is 0.454 e. The van der Waals surface area contributed by atoms with Crippen LogP contribution >= 0.6 is 22.9 Å². The SMILES string of the molecule is Cc1ccc(C(C)Nc2cc3c(cc2Cl)OCO3)s1. The molecule has 1 aromatic carbocycles. The summed E-state index contributed by atoms with van der Waals surface area (Å²) in [6.07, 6.45) is 0. The molecule has 1 aliphatic rings. The Kier molecular flexibility index (Phi) is 3.29. The zero-order valence-electron chi connectivity index (χ0n) is 10.7. The van der Waals surface area contributed by atoms with Gasteiger partial charge in [0.15, 0.2) is 11.5 Å². The van der Waals surface area contributed by atoms with E-state index in [1.807, 2.05) is 6.07 Å². The Hall–Kier alpha value is -1.39. The highest BCUT2D eigenvalue weighted by atomic mass is 35.5. The van der Waals surface area contributed by atoms with Gasteiger partial charge in [-0.05, 0) is 26.0 Å². The van der Waals surface area contributed by atoms with E-state index in [0.29, 0.717) is 10.8 Å². The first-order valence-corrected chi connectivity index (χ1v) is 7.25. The van der Waals surface area contributed by atoms with E-state index in [1.54, 1.807) is 17.4 Å². The molecule has 1 atom stereocenters. The van der Waals surface area contributed by atoms with Crippen molar-refractivity contribution < 1.29 is 9.47 Å². The molecular weight excluding hydrogens is 282 g/mol. The van der Waals surface area contributed by atoms with Crippen LogP contribution in [0.1, 0.15) is 22.7 Å². The van der Waals surface area contributed by atoms with Crippen LogP contribution in [0, 0.1) is 6.92 Å². The molecule has 1 N–H and O–H groups in total. The van der Waals surface area contributed by atoms with E-state index in [0.717, 1.165) is 11.4 Å². The highest BCUT2D eigenvalue weighted by Crippen LogP contribution is 2.40. The van der Waals surface area contributed by atoms with Crippen molar-refractivity contribution in [1.82, 2.24) is 0 Å². The van der Waals surface area contributed by atoms with E-state index < -0.39 is 0 Å². The standard InChI is InChI=1S/C14H14ClNO2S/c1-8-3-4-14(19-8)9(2)16-11-6-13-12(5-10(11)15)17-7-18-13/h3-6,9,16H,7H2,1-2H3. The number of anilines is 1. The van der Waals surface area contributed by atoms with Crippen molar-refractivity contribution in [2.24, 2.45) is 0 Å². The number of benzene rings is 1. The summed E-state index contributed by atoms with van der Waals surface area (Å²) in [6.45, 7) is 4.48. The topological polar surface area (TPSA) is 30.5 Å². The summed E-state index contributed by atoms with van der Waals surface area (Å²) in [6, 6.07) is 8.15. The van der Waals surface area contributed by atoms with Crippen LogP contribution in [0.15, 0.2) is 24.3 Å². The number of thiophene rings is 1. The molecule has 3 nitrogen and oxygen atoms in total. The van der Waals surface area contributed by atoms with Gasteiger partial charge in [-0.25, -0.2) is 0 Å². The molecule has 19 heavy (non-hydrogen) atoms. The van der Waals surface area contributed by atoms with Crippen LogP contribution in [0.2, 0.25) is 5.02 Å². The zero-order valence-corrected chi connectivity index (χ0v) is 12.3. The van der Waals surface area contributed by atoms with Gasteiger partial charge in [-0.2, -0.15) is 0 Å². The molecule has 0 radical (unpaired) electrons. The lowest BCUT2D eigenvalue weighted by molar-refractivity contribution is 0.174. The third-order valence-electron chi connectivity index (χ3n) is 3.02. The fraction of sp³-hybridized carbons (Fsp3) is 0.286. The second-order valence-electron chi connectivity index (χ2n) is 4.50. The lowest BCUT2D eigenvalue weighted by Gasteiger charge is -2.15. The van der Waals surface area contributed by atoms with Gasteiger partial charge in [0.1, 0.15) is 0 Å². The Morgan fingerprint density at radius 2 is 2.00 bits per heavy atom. The minimum absolute atomic E-state index is 0.205. The van der Waals surface area contributed by atoms with Crippen LogP contribution < -0.4 is 14.8 Å². The number of nitrogens with one attached hydrogen (secondary N) is 1. The molecule has 3 rings (SSSR count). The van der Waals surface area contributed by atoms with E-state index in [-0.39, 0.29) is 12.8 Å². The first-order valence-electron chi connectivity index (χ1n) is 6.05. The number of rotatable bonds is 3. The van der Waals surface area contributed by atoms with E-state index in [4.69, 9.17) is 21.1 Å². The van der Waals surface area contributed by atoms with Gasteiger partial charge in [-0.15, -0.1) is 11.3 Å². The average molecular weight is 296 g/mol. The predicted molar refractivity (Wildman–Crippen MR) is 78.7 cm³/mol. The first kappa shape index (κ1) is 12.6. The quantitative estimate of drug-likeness (QED) is 0.897. The van der Waals surface area contributed by atoms with E-state index >= 15 is 0 Å². The van der Waals surface area contributed by atoms with Crippen molar-refractivity contribution in [3.63, 3.8) is 0 Å². The van der Waals surface area contributed by atoms with E-state index in [9.17, 15) is 0 Å². The van der Waals surface area contributed by atoms with E-state index in [2.05, 4.69) is 31.3 Å². The number of aryl methyl sites for hydroxylation is 1. The molecule has 1 aliphatic heterocycles. The van der Waals surface area contributed by atoms with Crippen LogP contribution in [0.3, 0.4) is 0 Å². The van der Waals surface area contributed by atoms with Crippen molar-refractivity contribution in [1.29, 1.82) is 0 Å². The fourth-order valence-electron chi connectivity index (χ4n) is 2.02. The van der Waals surface area contributed by atoms with Gasteiger partial charge in [0.05, 0.1) is 16.8 Å². The van der Waals surface area contributed by atoms with Gasteiger partial charge < -0.3 is 14.8 Å². The monoisotopic (exact) mass is 295 g/mol. The summed E-state index contributed by atoms with van der Waals surface area (Å²) in [5, 5.41) is 4.06. The average Bonchev–Trinajstić information content (AvgIpc) is 2.98. The second kappa shape index (κ2) is 4.94. The van der Waals surface area contributed by atoms with Crippen molar-refractivity contribution in [2.45, 2.75) is 19.9 Å². The summed E-state index contributed by atoms with van der Waals surface area (Å²) in [5.74, 6) is 1.44. The predicted octanol–water partition coefficient (Wildman–Crippen LogP) is 4.61. The van der Waals surface area contributed by atoms with Gasteiger partial charge in [-0.1, -0.05) is 11.6 Å². The fourth-order valence-corrected chi connectivity index (χ4v) is 3.11. The van der Waals surface area contributed by atoms with Gasteiger partial charge in [0.25, 0.3) is 0 Å². The smallest absolute Gasteiger partial charge is 0.231 e. The van der Waals surface area contributed by atoms with Crippen molar-refractivity contribution >= 4 is 28.6 Å². The third-order valence-corrected chi connectivity index (χ3v) is 4.52. The lowest BCUT2D eigenvalue weighted by atomic mass is 10.2. The maximum atomic E-state index is 6.25. The molecular formula is C14H14ClNO2S. The normalized spacial score (nSPS) is 14.5. The summed E-state index contributed by atoms with van der Waals surface area (Å²) >= 11 is 8.03. The highest BCUT2D eigenvalue weighted by molar-refractivity contribution is 7.12. The summed E-state index contributed by atoms with van der Waals surface area (Å²) < 4.78 is 10.7. The van der Waals surface area contributed by atoms with Crippen LogP contribution in [0.5, 0.6) is 11.5 Å². The summed E-state index contributed by atoms with van der Waals surface area (Å²) in [7, 11) is 0. The molecule has 0 fully saturated rings. The van der Waals surface area contributed by atoms with E-state index in [1.165, 1.54) is 9.75 Å². The minimum atomic E-state index is 0.205. The molecule has 2 heterocycles. The Morgan fingerprint density at radius 3 is 2.68 bits per heavy atom.